The van der Waals surface area contributed by atoms with Crippen molar-refractivity contribution in [1.29, 1.82) is 0 Å². The van der Waals surface area contributed by atoms with E-state index in [4.69, 9.17) is 11.6 Å². The molecule has 0 aliphatic heterocycles. The quantitative estimate of drug-likeness (QED) is 0.615. The first-order valence-electron chi connectivity index (χ1n) is 2.22. The number of halogens is 3. The Bertz CT molecular complexity index is 174. The molecule has 0 nitrogen and oxygen atoms in total. The fourth-order valence-corrected chi connectivity index (χ4v) is 1.24. The average molecular weight is 208 g/mol. The van der Waals surface area contributed by atoms with Gasteiger partial charge in [-0.25, -0.2) is 4.39 Å². The Morgan fingerprint density at radius 3 is 2.67 bits per heavy atom. The van der Waals surface area contributed by atoms with Gasteiger partial charge in [0.1, 0.15) is 5.82 Å². The van der Waals surface area contributed by atoms with Crippen LogP contribution in [0.3, 0.4) is 0 Å². The van der Waals surface area contributed by atoms with E-state index >= 15 is 0 Å². The van der Waals surface area contributed by atoms with Gasteiger partial charge in [-0.3, -0.25) is 0 Å². The number of benzene rings is 1. The van der Waals surface area contributed by atoms with Gasteiger partial charge in [-0.2, -0.15) is 0 Å². The van der Waals surface area contributed by atoms with Crippen LogP contribution in [0, 0.1) is 11.9 Å². The molecule has 1 radical (unpaired) electrons. The van der Waals surface area contributed by atoms with Crippen LogP contribution in [0.4, 0.5) is 4.39 Å². The number of rotatable bonds is 0. The molecule has 0 amide bonds. The summed E-state index contributed by atoms with van der Waals surface area (Å²) in [4.78, 5) is 0. The lowest BCUT2D eigenvalue weighted by Crippen LogP contribution is -1.73. The molecule has 0 bridgehead atoms. The fourth-order valence-electron chi connectivity index (χ4n) is 0.470. The molecule has 0 saturated carbocycles. The minimum absolute atomic E-state index is 0.373. The summed E-state index contributed by atoms with van der Waals surface area (Å²) in [5.74, 6) is -0.450. The molecule has 1 aromatic rings. The van der Waals surface area contributed by atoms with Crippen LogP contribution in [0.25, 0.3) is 0 Å². The second kappa shape index (κ2) is 2.67. The van der Waals surface area contributed by atoms with E-state index in [1.54, 1.807) is 6.07 Å². The molecule has 47 valence electrons. The van der Waals surface area contributed by atoms with Crippen LogP contribution < -0.4 is 0 Å². The first kappa shape index (κ1) is 7.03. The van der Waals surface area contributed by atoms with E-state index in [1.807, 2.05) is 0 Å². The smallest absolute Gasteiger partial charge is 0.133 e. The van der Waals surface area contributed by atoms with Gasteiger partial charge in [0.2, 0.25) is 0 Å². The zero-order valence-electron chi connectivity index (χ0n) is 4.29. The van der Waals surface area contributed by atoms with Gasteiger partial charge in [0, 0.05) is 15.6 Å². The monoisotopic (exact) mass is 207 g/mol. The van der Waals surface area contributed by atoms with E-state index in [1.165, 1.54) is 6.07 Å². The molecule has 0 N–H and O–H groups in total. The maximum Gasteiger partial charge on any atom is 0.133 e. The molecule has 0 heterocycles. The van der Waals surface area contributed by atoms with E-state index in [0.29, 0.717) is 9.50 Å². The van der Waals surface area contributed by atoms with Crippen molar-refractivity contribution in [3.63, 3.8) is 0 Å². The van der Waals surface area contributed by atoms with Crippen molar-refractivity contribution in [1.82, 2.24) is 0 Å². The zero-order chi connectivity index (χ0) is 6.85. The Kier molecular flexibility index (Phi) is 2.09. The molecular weight excluding hydrogens is 206 g/mol. The third kappa shape index (κ3) is 1.95. The van der Waals surface area contributed by atoms with Crippen LogP contribution in [-0.2, 0) is 0 Å². The van der Waals surface area contributed by atoms with Gasteiger partial charge in [-0.05, 0) is 28.1 Å². The molecule has 0 saturated heterocycles. The molecule has 0 aliphatic rings. The van der Waals surface area contributed by atoms with Crippen LogP contribution in [0.1, 0.15) is 0 Å². The summed E-state index contributed by atoms with van der Waals surface area (Å²) < 4.78 is 12.8. The van der Waals surface area contributed by atoms with Crippen LogP contribution in [0.15, 0.2) is 16.6 Å². The SMILES string of the molecule is Fc1[c]c(Br)cc(Cl)c1. The summed E-state index contributed by atoms with van der Waals surface area (Å²) in [7, 11) is 0. The molecule has 0 unspecified atom stereocenters. The summed E-state index contributed by atoms with van der Waals surface area (Å²) in [5, 5.41) is 0.373. The van der Waals surface area contributed by atoms with Crippen molar-refractivity contribution < 1.29 is 4.39 Å². The average Bonchev–Trinajstić information content (AvgIpc) is 1.59. The summed E-state index contributed by atoms with van der Waals surface area (Å²) in [6, 6.07) is 5.15. The molecule has 3 heteroatoms. The molecular formula is C6H2BrClF. The molecule has 0 aliphatic carbocycles. The third-order valence-corrected chi connectivity index (χ3v) is 1.41. The standard InChI is InChI=1S/C6H2BrClF/c7-4-1-5(8)3-6(9)2-4/h1,3H. The van der Waals surface area contributed by atoms with E-state index in [-0.39, 0.29) is 0 Å². The zero-order valence-corrected chi connectivity index (χ0v) is 6.63. The molecule has 1 rings (SSSR count). The van der Waals surface area contributed by atoms with E-state index in [0.717, 1.165) is 0 Å². The summed E-state index contributed by atoms with van der Waals surface area (Å²) in [6.45, 7) is 0. The Labute approximate surface area is 65.8 Å². The van der Waals surface area contributed by atoms with Crippen LogP contribution in [0.2, 0.25) is 5.02 Å². The maximum atomic E-state index is 12.3. The highest BCUT2D eigenvalue weighted by Gasteiger charge is 1.94. The van der Waals surface area contributed by atoms with E-state index < -0.39 is 5.82 Å². The molecule has 0 fully saturated rings. The van der Waals surface area contributed by atoms with Gasteiger partial charge in [-0.15, -0.1) is 0 Å². The largest absolute Gasteiger partial charge is 0.206 e. The van der Waals surface area contributed by atoms with Gasteiger partial charge in [-0.1, -0.05) is 11.6 Å². The van der Waals surface area contributed by atoms with Gasteiger partial charge < -0.3 is 0 Å². The van der Waals surface area contributed by atoms with Gasteiger partial charge in [0.25, 0.3) is 0 Å². The third-order valence-electron chi connectivity index (χ3n) is 0.768. The normalized spacial score (nSPS) is 9.67. The van der Waals surface area contributed by atoms with Crippen molar-refractivity contribution in [2.75, 3.05) is 0 Å². The van der Waals surface area contributed by atoms with Crippen molar-refractivity contribution in [2.24, 2.45) is 0 Å². The van der Waals surface area contributed by atoms with Crippen LogP contribution in [-0.4, -0.2) is 0 Å². The highest BCUT2D eigenvalue weighted by atomic mass is 79.9. The van der Waals surface area contributed by atoms with Crippen molar-refractivity contribution in [2.45, 2.75) is 0 Å². The molecule has 1 aromatic carbocycles. The first-order chi connectivity index (χ1) is 4.18. The second-order valence-corrected chi connectivity index (χ2v) is 2.79. The predicted octanol–water partition coefficient (Wildman–Crippen LogP) is 3.04. The Balaban J connectivity index is 3.17. The Hall–Kier alpha value is -0.0800. The van der Waals surface area contributed by atoms with E-state index in [9.17, 15) is 4.39 Å². The molecule has 0 spiro atoms. The molecule has 9 heavy (non-hydrogen) atoms. The van der Waals surface area contributed by atoms with Gasteiger partial charge in [0.05, 0.1) is 0 Å². The van der Waals surface area contributed by atoms with Gasteiger partial charge >= 0.3 is 0 Å². The summed E-state index contributed by atoms with van der Waals surface area (Å²) >= 11 is 8.49. The predicted molar refractivity (Wildman–Crippen MR) is 37.9 cm³/mol. The highest BCUT2D eigenvalue weighted by Crippen LogP contribution is 2.17. The van der Waals surface area contributed by atoms with Crippen LogP contribution >= 0.6 is 27.5 Å². The number of hydrogen-bond acceptors (Lipinski definition) is 0. The topological polar surface area (TPSA) is 0 Å². The minimum Gasteiger partial charge on any atom is -0.206 e. The number of hydrogen-bond donors (Lipinski definition) is 0. The lowest BCUT2D eigenvalue weighted by molar-refractivity contribution is 0.624. The minimum atomic E-state index is -0.450. The van der Waals surface area contributed by atoms with Crippen molar-refractivity contribution in [3.05, 3.63) is 33.5 Å². The first-order valence-corrected chi connectivity index (χ1v) is 3.39. The summed E-state index contributed by atoms with van der Waals surface area (Å²) in [6.07, 6.45) is 0. The molecule has 0 atom stereocenters. The Morgan fingerprint density at radius 2 is 2.22 bits per heavy atom. The lowest BCUT2D eigenvalue weighted by Gasteiger charge is -1.90. The highest BCUT2D eigenvalue weighted by molar-refractivity contribution is 9.10. The van der Waals surface area contributed by atoms with Crippen LogP contribution in [0.5, 0.6) is 0 Å². The molecule has 0 aromatic heterocycles. The van der Waals surface area contributed by atoms with E-state index in [2.05, 4.69) is 22.0 Å². The van der Waals surface area contributed by atoms with Gasteiger partial charge in [0.15, 0.2) is 0 Å². The fraction of sp³-hybridized carbons (Fsp3) is 0. The maximum absolute atomic E-state index is 12.3. The van der Waals surface area contributed by atoms with Crippen molar-refractivity contribution >= 4 is 27.5 Å². The van der Waals surface area contributed by atoms with Crippen molar-refractivity contribution in [3.8, 4) is 0 Å². The lowest BCUT2D eigenvalue weighted by atomic mass is 10.3. The summed E-state index contributed by atoms with van der Waals surface area (Å²) in [5.41, 5.74) is 0. The second-order valence-electron chi connectivity index (χ2n) is 1.49. The Morgan fingerprint density at radius 1 is 1.56 bits per heavy atom.